The Morgan fingerprint density at radius 3 is 2.10 bits per heavy atom. The fourth-order valence-corrected chi connectivity index (χ4v) is 4.77. The van der Waals surface area contributed by atoms with Crippen molar-refractivity contribution in [3.8, 4) is 5.69 Å². The van der Waals surface area contributed by atoms with Crippen molar-refractivity contribution in [1.29, 1.82) is 0 Å². The first-order valence-corrected chi connectivity index (χ1v) is 10.4. The van der Waals surface area contributed by atoms with Crippen LogP contribution in [0, 0.1) is 25.7 Å². The highest BCUT2D eigenvalue weighted by Gasteiger charge is 2.46. The molecule has 0 atom stereocenters. The van der Waals surface area contributed by atoms with E-state index in [0.29, 0.717) is 23.0 Å². The third kappa shape index (κ3) is 2.98. The second kappa shape index (κ2) is 6.58. The summed E-state index contributed by atoms with van der Waals surface area (Å²) in [5.41, 5.74) is 7.32. The summed E-state index contributed by atoms with van der Waals surface area (Å²) in [6.07, 6.45) is 4.47. The maximum atomic E-state index is 12.7. The number of hydrogen-bond acceptors (Lipinski definition) is 3. The summed E-state index contributed by atoms with van der Waals surface area (Å²) in [4.78, 5) is 25.4. The topological polar surface area (TPSA) is 48.3 Å². The SMILES string of the molecule is C/C(=C1\C(=O)OC(=O)C1=C(C1CC1)C1CC1)c1cc(C)n(-c2ccccc2)c1C. The Morgan fingerprint density at radius 1 is 0.931 bits per heavy atom. The third-order valence-electron chi connectivity index (χ3n) is 6.39. The van der Waals surface area contributed by atoms with Gasteiger partial charge < -0.3 is 9.30 Å². The van der Waals surface area contributed by atoms with Crippen LogP contribution in [0.1, 0.15) is 49.6 Å². The Kier molecular flexibility index (Phi) is 4.12. The molecule has 0 bridgehead atoms. The molecule has 3 aliphatic rings. The van der Waals surface area contributed by atoms with Gasteiger partial charge in [0.15, 0.2) is 0 Å². The zero-order chi connectivity index (χ0) is 20.3. The first kappa shape index (κ1) is 18.2. The normalized spacial score (nSPS) is 20.9. The van der Waals surface area contributed by atoms with Crippen molar-refractivity contribution in [3.05, 3.63) is 70.1 Å². The van der Waals surface area contributed by atoms with E-state index in [-0.39, 0.29) is 0 Å². The monoisotopic (exact) mass is 387 g/mol. The van der Waals surface area contributed by atoms with Crippen molar-refractivity contribution in [1.82, 2.24) is 4.57 Å². The number of carbonyl (C=O) groups excluding carboxylic acids is 2. The van der Waals surface area contributed by atoms with E-state index in [9.17, 15) is 9.59 Å². The van der Waals surface area contributed by atoms with Crippen molar-refractivity contribution in [2.24, 2.45) is 11.8 Å². The molecule has 2 aliphatic carbocycles. The number of aryl methyl sites for hydroxylation is 1. The lowest BCUT2D eigenvalue weighted by Gasteiger charge is -2.12. The molecule has 0 unspecified atom stereocenters. The van der Waals surface area contributed by atoms with Crippen molar-refractivity contribution in [2.45, 2.75) is 46.5 Å². The molecule has 5 rings (SSSR count). The smallest absolute Gasteiger partial charge is 0.347 e. The maximum absolute atomic E-state index is 12.7. The predicted octanol–water partition coefficient (Wildman–Crippen LogP) is 5.07. The van der Waals surface area contributed by atoms with Crippen LogP contribution < -0.4 is 0 Å². The maximum Gasteiger partial charge on any atom is 0.347 e. The zero-order valence-corrected chi connectivity index (χ0v) is 17.1. The highest BCUT2D eigenvalue weighted by molar-refractivity contribution is 6.22. The number of allylic oxidation sites excluding steroid dienone is 2. The third-order valence-corrected chi connectivity index (χ3v) is 6.39. The number of para-hydroxylation sites is 1. The van der Waals surface area contributed by atoms with E-state index in [0.717, 1.165) is 53.9 Å². The second-order valence-corrected chi connectivity index (χ2v) is 8.51. The average molecular weight is 387 g/mol. The van der Waals surface area contributed by atoms with E-state index in [1.54, 1.807) is 0 Å². The van der Waals surface area contributed by atoms with Gasteiger partial charge in [0.25, 0.3) is 0 Å². The van der Waals surface area contributed by atoms with Gasteiger partial charge >= 0.3 is 11.9 Å². The molecule has 2 aromatic rings. The number of esters is 2. The lowest BCUT2D eigenvalue weighted by molar-refractivity contribution is -0.149. The van der Waals surface area contributed by atoms with Crippen LogP contribution in [-0.2, 0) is 14.3 Å². The Morgan fingerprint density at radius 2 is 1.52 bits per heavy atom. The molecule has 4 heteroatoms. The van der Waals surface area contributed by atoms with E-state index < -0.39 is 11.9 Å². The van der Waals surface area contributed by atoms with E-state index in [1.807, 2.05) is 25.1 Å². The molecule has 1 aromatic carbocycles. The number of cyclic esters (lactones) is 2. The first-order chi connectivity index (χ1) is 14.0. The van der Waals surface area contributed by atoms with E-state index in [1.165, 1.54) is 5.57 Å². The number of rotatable bonds is 4. The molecule has 2 saturated carbocycles. The highest BCUT2D eigenvalue weighted by atomic mass is 16.6. The Labute approximate surface area is 170 Å². The fraction of sp³-hybridized carbons (Fsp3) is 0.360. The molecule has 1 aromatic heterocycles. The van der Waals surface area contributed by atoms with Crippen LogP contribution in [0.5, 0.6) is 0 Å². The number of benzene rings is 1. The number of hydrogen-bond donors (Lipinski definition) is 0. The van der Waals surface area contributed by atoms with E-state index in [2.05, 4.69) is 36.6 Å². The van der Waals surface area contributed by atoms with Crippen LogP contribution in [0.15, 0.2) is 53.1 Å². The zero-order valence-electron chi connectivity index (χ0n) is 17.1. The molecule has 0 spiro atoms. The van der Waals surface area contributed by atoms with Gasteiger partial charge in [0, 0.05) is 17.1 Å². The van der Waals surface area contributed by atoms with Crippen molar-refractivity contribution < 1.29 is 14.3 Å². The number of carbonyl (C=O) groups is 2. The largest absolute Gasteiger partial charge is 0.386 e. The quantitative estimate of drug-likeness (QED) is 0.418. The Balaban J connectivity index is 1.69. The predicted molar refractivity (Wildman–Crippen MR) is 111 cm³/mol. The molecular weight excluding hydrogens is 362 g/mol. The Bertz CT molecular complexity index is 1080. The van der Waals surface area contributed by atoms with Gasteiger partial charge in [-0.1, -0.05) is 18.2 Å². The van der Waals surface area contributed by atoms with E-state index >= 15 is 0 Å². The van der Waals surface area contributed by atoms with Crippen molar-refractivity contribution in [2.75, 3.05) is 0 Å². The number of aromatic nitrogens is 1. The minimum Gasteiger partial charge on any atom is -0.386 e. The van der Waals surface area contributed by atoms with Crippen LogP contribution in [-0.4, -0.2) is 16.5 Å². The summed E-state index contributed by atoms with van der Waals surface area (Å²) in [6.45, 7) is 6.08. The summed E-state index contributed by atoms with van der Waals surface area (Å²) in [5.74, 6) is -0.0353. The van der Waals surface area contributed by atoms with Crippen LogP contribution in [0.3, 0.4) is 0 Å². The summed E-state index contributed by atoms with van der Waals surface area (Å²) in [7, 11) is 0. The van der Waals surface area contributed by atoms with E-state index in [4.69, 9.17) is 4.74 Å². The van der Waals surface area contributed by atoms with Crippen molar-refractivity contribution >= 4 is 17.5 Å². The van der Waals surface area contributed by atoms with Gasteiger partial charge in [0.05, 0.1) is 11.1 Å². The van der Waals surface area contributed by atoms with Gasteiger partial charge in [-0.2, -0.15) is 0 Å². The molecular formula is C25H25NO3. The standard InChI is InChI=1S/C25H25NO3/c1-14-13-20(16(3)26(14)19-7-5-4-6-8-19)15(2)21-23(25(28)29-24(21)27)22(17-9-10-17)18-11-12-18/h4-8,13,17-18H,9-12H2,1-3H3/b21-15+. The molecule has 1 aliphatic heterocycles. The minimum absolute atomic E-state index is 0.449. The van der Waals surface area contributed by atoms with Gasteiger partial charge in [-0.05, 0) is 93.2 Å². The molecule has 0 amide bonds. The summed E-state index contributed by atoms with van der Waals surface area (Å²) >= 11 is 0. The van der Waals surface area contributed by atoms with Crippen LogP contribution in [0.25, 0.3) is 11.3 Å². The first-order valence-electron chi connectivity index (χ1n) is 10.4. The molecule has 3 fully saturated rings. The minimum atomic E-state index is -0.495. The van der Waals surface area contributed by atoms with Gasteiger partial charge in [0.1, 0.15) is 0 Å². The molecule has 0 radical (unpaired) electrons. The molecule has 4 nitrogen and oxygen atoms in total. The number of ether oxygens (including phenoxy) is 1. The van der Waals surface area contributed by atoms with Crippen LogP contribution in [0.2, 0.25) is 0 Å². The van der Waals surface area contributed by atoms with Crippen LogP contribution >= 0.6 is 0 Å². The summed E-state index contributed by atoms with van der Waals surface area (Å²) < 4.78 is 7.32. The molecule has 2 heterocycles. The molecule has 0 N–H and O–H groups in total. The summed E-state index contributed by atoms with van der Waals surface area (Å²) in [6, 6.07) is 12.3. The fourth-order valence-electron chi connectivity index (χ4n) is 4.77. The lowest BCUT2D eigenvalue weighted by atomic mass is 9.90. The molecule has 1 saturated heterocycles. The molecule has 148 valence electrons. The lowest BCUT2D eigenvalue weighted by Crippen LogP contribution is -2.05. The van der Waals surface area contributed by atoms with Gasteiger partial charge in [0.2, 0.25) is 0 Å². The highest BCUT2D eigenvalue weighted by Crippen LogP contribution is 2.52. The summed E-state index contributed by atoms with van der Waals surface area (Å²) in [5, 5.41) is 0. The Hall–Kier alpha value is -2.88. The van der Waals surface area contributed by atoms with Gasteiger partial charge in [-0.15, -0.1) is 0 Å². The van der Waals surface area contributed by atoms with Crippen LogP contribution in [0.4, 0.5) is 0 Å². The van der Waals surface area contributed by atoms with Crippen molar-refractivity contribution in [3.63, 3.8) is 0 Å². The molecule has 29 heavy (non-hydrogen) atoms. The second-order valence-electron chi connectivity index (χ2n) is 8.51. The van der Waals surface area contributed by atoms with Gasteiger partial charge in [-0.25, -0.2) is 9.59 Å². The number of nitrogens with zero attached hydrogens (tertiary/aromatic N) is 1. The average Bonchev–Trinajstić information content (AvgIpc) is 3.61. The van der Waals surface area contributed by atoms with Gasteiger partial charge in [-0.3, -0.25) is 0 Å².